The third-order valence-corrected chi connectivity index (χ3v) is 4.58. The van der Waals surface area contributed by atoms with Crippen molar-refractivity contribution in [2.45, 2.75) is 26.4 Å². The third-order valence-electron chi connectivity index (χ3n) is 4.58. The van der Waals surface area contributed by atoms with Crippen LogP contribution < -0.4 is 20.1 Å². The number of nitrogens with zero attached hydrogens (tertiary/aromatic N) is 1. The number of hydrogen-bond acceptors (Lipinski definition) is 5. The van der Waals surface area contributed by atoms with Gasteiger partial charge in [-0.15, -0.1) is 12.4 Å². The molecule has 0 aliphatic carbocycles. The fourth-order valence-corrected chi connectivity index (χ4v) is 3.31. The number of piperazine rings is 1. The topological polar surface area (TPSA) is 62.8 Å². The molecular weight excluding hydrogens is 390 g/mol. The average molecular weight is 420 g/mol. The van der Waals surface area contributed by atoms with E-state index in [2.05, 4.69) is 22.5 Å². The number of benzene rings is 2. The van der Waals surface area contributed by atoms with E-state index in [1.165, 1.54) is 5.56 Å². The molecule has 2 aromatic carbocycles. The fraction of sp³-hybridized carbons (Fsp3) is 0.409. The van der Waals surface area contributed by atoms with Gasteiger partial charge in [-0.3, -0.25) is 9.69 Å². The maximum absolute atomic E-state index is 12.1. The Morgan fingerprint density at radius 2 is 1.97 bits per heavy atom. The van der Waals surface area contributed by atoms with Gasteiger partial charge in [0.25, 0.3) is 5.91 Å². The molecule has 1 amide bonds. The van der Waals surface area contributed by atoms with Crippen molar-refractivity contribution in [2.24, 2.45) is 0 Å². The third kappa shape index (κ3) is 7.24. The lowest BCUT2D eigenvalue weighted by atomic mass is 10.1. The first-order valence-electron chi connectivity index (χ1n) is 9.83. The van der Waals surface area contributed by atoms with Crippen LogP contribution in [0.3, 0.4) is 0 Å². The van der Waals surface area contributed by atoms with Crippen molar-refractivity contribution in [2.75, 3.05) is 38.2 Å². The summed E-state index contributed by atoms with van der Waals surface area (Å²) in [6, 6.07) is 15.8. The molecule has 158 valence electrons. The lowest BCUT2D eigenvalue weighted by Crippen LogP contribution is -2.48. The van der Waals surface area contributed by atoms with Gasteiger partial charge >= 0.3 is 0 Å². The van der Waals surface area contributed by atoms with Gasteiger partial charge in [0.2, 0.25) is 0 Å². The number of ether oxygens (including phenoxy) is 2. The zero-order chi connectivity index (χ0) is 19.8. The number of anilines is 1. The van der Waals surface area contributed by atoms with Crippen LogP contribution in [0, 0.1) is 0 Å². The molecule has 0 aromatic heterocycles. The number of amides is 1. The molecule has 29 heavy (non-hydrogen) atoms. The number of carbonyl (C=O) groups excluding carboxylic acids is 1. The van der Waals surface area contributed by atoms with Crippen LogP contribution in [-0.2, 0) is 11.3 Å². The number of para-hydroxylation sites is 1. The van der Waals surface area contributed by atoms with Crippen molar-refractivity contribution in [3.8, 4) is 11.5 Å². The van der Waals surface area contributed by atoms with E-state index in [0.29, 0.717) is 24.1 Å². The highest BCUT2D eigenvalue weighted by atomic mass is 35.5. The minimum absolute atomic E-state index is 0. The van der Waals surface area contributed by atoms with E-state index in [9.17, 15) is 4.79 Å². The molecule has 6 nitrogen and oxygen atoms in total. The molecule has 1 aliphatic rings. The van der Waals surface area contributed by atoms with Crippen LogP contribution in [0.4, 0.5) is 5.69 Å². The van der Waals surface area contributed by atoms with Gasteiger partial charge in [-0.25, -0.2) is 0 Å². The first-order chi connectivity index (χ1) is 13.6. The van der Waals surface area contributed by atoms with Crippen molar-refractivity contribution in [1.29, 1.82) is 0 Å². The summed E-state index contributed by atoms with van der Waals surface area (Å²) in [6.45, 7) is 8.57. The van der Waals surface area contributed by atoms with E-state index in [0.717, 1.165) is 31.9 Å². The van der Waals surface area contributed by atoms with Crippen molar-refractivity contribution in [3.63, 3.8) is 0 Å². The van der Waals surface area contributed by atoms with E-state index in [-0.39, 0.29) is 24.9 Å². The van der Waals surface area contributed by atoms with Crippen molar-refractivity contribution in [3.05, 3.63) is 54.1 Å². The molecule has 0 radical (unpaired) electrons. The minimum Gasteiger partial charge on any atom is -0.490 e. The Balaban J connectivity index is 0.00000300. The fourth-order valence-electron chi connectivity index (χ4n) is 3.31. The van der Waals surface area contributed by atoms with Crippen LogP contribution in [-0.4, -0.2) is 49.7 Å². The zero-order valence-corrected chi connectivity index (χ0v) is 17.8. The molecule has 7 heteroatoms. The Kier molecular flexibility index (Phi) is 9.25. The normalized spacial score (nSPS) is 16.6. The van der Waals surface area contributed by atoms with E-state index >= 15 is 0 Å². The van der Waals surface area contributed by atoms with Crippen LogP contribution in [0.5, 0.6) is 11.5 Å². The van der Waals surface area contributed by atoms with Crippen molar-refractivity contribution in [1.82, 2.24) is 10.2 Å². The van der Waals surface area contributed by atoms with Gasteiger partial charge in [0.1, 0.15) is 0 Å². The van der Waals surface area contributed by atoms with Gasteiger partial charge in [-0.05, 0) is 43.7 Å². The quantitative estimate of drug-likeness (QED) is 0.687. The van der Waals surface area contributed by atoms with Gasteiger partial charge in [-0.1, -0.05) is 24.3 Å². The van der Waals surface area contributed by atoms with Gasteiger partial charge in [0.05, 0.1) is 6.61 Å². The molecule has 1 saturated heterocycles. The standard InChI is InChI=1S/C22H29N3O3.ClH/c1-3-27-21-13-18(15-25-12-11-23-17(2)14-25)9-10-20(21)28-16-22(26)24-19-7-5-4-6-8-19;/h4-10,13,17,23H,3,11-12,14-16H2,1-2H3,(H,24,26);1H/t17-;/m1./s1. The lowest BCUT2D eigenvalue weighted by molar-refractivity contribution is -0.118. The summed E-state index contributed by atoms with van der Waals surface area (Å²) in [6.07, 6.45) is 0. The molecule has 1 atom stereocenters. The Bertz CT molecular complexity index is 773. The van der Waals surface area contributed by atoms with Crippen LogP contribution >= 0.6 is 12.4 Å². The molecule has 0 spiro atoms. The Labute approximate surface area is 179 Å². The maximum atomic E-state index is 12.1. The summed E-state index contributed by atoms with van der Waals surface area (Å²) in [7, 11) is 0. The number of hydrogen-bond donors (Lipinski definition) is 2. The Hall–Kier alpha value is -2.28. The van der Waals surface area contributed by atoms with Gasteiger partial charge < -0.3 is 20.1 Å². The Morgan fingerprint density at radius 3 is 2.69 bits per heavy atom. The maximum Gasteiger partial charge on any atom is 0.262 e. The average Bonchev–Trinajstić information content (AvgIpc) is 2.68. The Morgan fingerprint density at radius 1 is 1.17 bits per heavy atom. The summed E-state index contributed by atoms with van der Waals surface area (Å²) in [5.74, 6) is 1.06. The summed E-state index contributed by atoms with van der Waals surface area (Å²) in [4.78, 5) is 14.6. The largest absolute Gasteiger partial charge is 0.490 e. The predicted octanol–water partition coefficient (Wildman–Crippen LogP) is 3.32. The molecule has 0 unspecified atom stereocenters. The molecule has 0 saturated carbocycles. The molecule has 0 bridgehead atoms. The summed E-state index contributed by atoms with van der Waals surface area (Å²) >= 11 is 0. The molecule has 3 rings (SSSR count). The minimum atomic E-state index is -0.201. The molecule has 2 N–H and O–H groups in total. The van der Waals surface area contributed by atoms with Gasteiger partial charge in [0.15, 0.2) is 18.1 Å². The SMILES string of the molecule is CCOc1cc(CN2CCN[C@H](C)C2)ccc1OCC(=O)Nc1ccccc1.Cl. The van der Waals surface area contributed by atoms with Crippen molar-refractivity contribution < 1.29 is 14.3 Å². The highest BCUT2D eigenvalue weighted by molar-refractivity contribution is 5.91. The highest BCUT2D eigenvalue weighted by Gasteiger charge is 2.17. The first-order valence-corrected chi connectivity index (χ1v) is 9.83. The second-order valence-electron chi connectivity index (χ2n) is 7.01. The molecule has 2 aromatic rings. The predicted molar refractivity (Wildman–Crippen MR) is 118 cm³/mol. The molecular formula is C22H30ClN3O3. The van der Waals surface area contributed by atoms with Gasteiger partial charge in [0, 0.05) is 37.9 Å². The number of nitrogens with one attached hydrogen (secondary N) is 2. The molecule has 1 fully saturated rings. The van der Waals surface area contributed by atoms with Crippen molar-refractivity contribution >= 4 is 24.0 Å². The van der Waals surface area contributed by atoms with E-state index in [1.54, 1.807) is 0 Å². The number of carbonyl (C=O) groups is 1. The van der Waals surface area contributed by atoms with Crippen LogP contribution in [0.15, 0.2) is 48.5 Å². The molecule has 1 aliphatic heterocycles. The smallest absolute Gasteiger partial charge is 0.262 e. The first kappa shape index (κ1) is 23.0. The number of rotatable bonds is 8. The summed E-state index contributed by atoms with van der Waals surface area (Å²) in [5.41, 5.74) is 1.93. The highest BCUT2D eigenvalue weighted by Crippen LogP contribution is 2.29. The van der Waals surface area contributed by atoms with Crippen LogP contribution in [0.1, 0.15) is 19.4 Å². The van der Waals surface area contributed by atoms with Crippen LogP contribution in [0.2, 0.25) is 0 Å². The second kappa shape index (κ2) is 11.7. The van der Waals surface area contributed by atoms with E-state index in [4.69, 9.17) is 9.47 Å². The monoisotopic (exact) mass is 419 g/mol. The number of halogens is 1. The van der Waals surface area contributed by atoms with E-state index < -0.39 is 0 Å². The lowest BCUT2D eigenvalue weighted by Gasteiger charge is -2.31. The van der Waals surface area contributed by atoms with Crippen LogP contribution in [0.25, 0.3) is 0 Å². The summed E-state index contributed by atoms with van der Waals surface area (Å²) in [5, 5.41) is 6.27. The van der Waals surface area contributed by atoms with Gasteiger partial charge in [-0.2, -0.15) is 0 Å². The molecule has 1 heterocycles. The zero-order valence-electron chi connectivity index (χ0n) is 17.0. The summed E-state index contributed by atoms with van der Waals surface area (Å²) < 4.78 is 11.5. The second-order valence-corrected chi connectivity index (χ2v) is 7.01. The van der Waals surface area contributed by atoms with E-state index in [1.807, 2.05) is 55.5 Å².